The molecule has 1 N–H and O–H groups in total. The number of imidazole rings is 1. The lowest BCUT2D eigenvalue weighted by atomic mass is 10.0. The van der Waals surface area contributed by atoms with Crippen LogP contribution in [0.3, 0.4) is 0 Å². The maximum Gasteiger partial charge on any atom is 0.250 e. The SMILES string of the molecule is CC(C(=O)Nc1cn2c(n1)CCC2c1cc(F)cc(F)c1)N1CCC(F)(F)CC1. The van der Waals surface area contributed by atoms with Gasteiger partial charge in [-0.25, -0.2) is 22.5 Å². The van der Waals surface area contributed by atoms with Gasteiger partial charge in [0.15, 0.2) is 5.82 Å². The molecule has 2 aliphatic rings. The average Bonchev–Trinajstić information content (AvgIpc) is 3.20. The van der Waals surface area contributed by atoms with E-state index < -0.39 is 23.6 Å². The van der Waals surface area contributed by atoms with Crippen LogP contribution in [0.25, 0.3) is 0 Å². The number of anilines is 1. The van der Waals surface area contributed by atoms with Crippen LogP contribution in [0, 0.1) is 11.6 Å². The minimum absolute atomic E-state index is 0.161. The molecule has 1 aromatic carbocycles. The summed E-state index contributed by atoms with van der Waals surface area (Å²) in [7, 11) is 0. The fourth-order valence-electron chi connectivity index (χ4n) is 4.08. The molecular formula is C20H22F4N4O. The Morgan fingerprint density at radius 3 is 2.52 bits per heavy atom. The fourth-order valence-corrected chi connectivity index (χ4v) is 4.08. The number of nitrogens with one attached hydrogen (secondary N) is 1. The number of rotatable bonds is 4. The zero-order valence-corrected chi connectivity index (χ0v) is 16.0. The van der Waals surface area contributed by atoms with Crippen LogP contribution < -0.4 is 5.32 Å². The van der Waals surface area contributed by atoms with E-state index in [9.17, 15) is 22.4 Å². The van der Waals surface area contributed by atoms with Crippen molar-refractivity contribution in [2.45, 2.75) is 50.6 Å². The molecule has 0 bridgehead atoms. The number of hydrogen-bond acceptors (Lipinski definition) is 3. The number of carbonyl (C=O) groups excluding carboxylic acids is 1. The lowest BCUT2D eigenvalue weighted by molar-refractivity contribution is -0.124. The Hall–Kier alpha value is -2.42. The Bertz CT molecular complexity index is 899. The van der Waals surface area contributed by atoms with E-state index in [-0.39, 0.29) is 37.9 Å². The van der Waals surface area contributed by atoms with Gasteiger partial charge in [-0.1, -0.05) is 0 Å². The van der Waals surface area contributed by atoms with Crippen molar-refractivity contribution in [3.63, 3.8) is 0 Å². The monoisotopic (exact) mass is 410 g/mol. The molecule has 1 fully saturated rings. The minimum atomic E-state index is -2.66. The highest BCUT2D eigenvalue weighted by molar-refractivity contribution is 5.93. The van der Waals surface area contributed by atoms with E-state index in [0.717, 1.165) is 11.9 Å². The average molecular weight is 410 g/mol. The van der Waals surface area contributed by atoms with Crippen molar-refractivity contribution in [3.8, 4) is 0 Å². The third-order valence-corrected chi connectivity index (χ3v) is 5.76. The topological polar surface area (TPSA) is 50.2 Å². The molecule has 2 unspecified atom stereocenters. The van der Waals surface area contributed by atoms with Crippen molar-refractivity contribution in [2.75, 3.05) is 18.4 Å². The summed E-state index contributed by atoms with van der Waals surface area (Å²) in [4.78, 5) is 18.7. The number of piperidine rings is 1. The van der Waals surface area contributed by atoms with Gasteiger partial charge >= 0.3 is 0 Å². The van der Waals surface area contributed by atoms with Gasteiger partial charge in [-0.15, -0.1) is 0 Å². The van der Waals surface area contributed by atoms with Gasteiger partial charge in [0.25, 0.3) is 5.92 Å². The van der Waals surface area contributed by atoms with Gasteiger partial charge in [-0.2, -0.15) is 0 Å². The van der Waals surface area contributed by atoms with Crippen molar-refractivity contribution in [1.82, 2.24) is 14.5 Å². The summed E-state index contributed by atoms with van der Waals surface area (Å²) in [6.45, 7) is 2.00. The molecule has 156 valence electrons. The second-order valence-corrected chi connectivity index (χ2v) is 7.76. The molecule has 5 nitrogen and oxygen atoms in total. The Balaban J connectivity index is 1.44. The summed E-state index contributed by atoms with van der Waals surface area (Å²) < 4.78 is 55.6. The van der Waals surface area contributed by atoms with E-state index in [4.69, 9.17) is 0 Å². The summed E-state index contributed by atoms with van der Waals surface area (Å²) in [5.41, 5.74) is 0.513. The number of benzene rings is 1. The Kier molecular flexibility index (Phi) is 5.10. The first-order valence-corrected chi connectivity index (χ1v) is 9.68. The molecule has 3 heterocycles. The van der Waals surface area contributed by atoms with Gasteiger partial charge in [0.2, 0.25) is 5.91 Å². The fraction of sp³-hybridized carbons (Fsp3) is 0.500. The normalized spacial score (nSPS) is 22.3. The first-order chi connectivity index (χ1) is 13.7. The summed E-state index contributed by atoms with van der Waals surface area (Å²) >= 11 is 0. The molecule has 0 aliphatic carbocycles. The number of likely N-dealkylation sites (tertiary alicyclic amines) is 1. The Morgan fingerprint density at radius 1 is 1.21 bits per heavy atom. The van der Waals surface area contributed by atoms with E-state index in [1.165, 1.54) is 12.1 Å². The highest BCUT2D eigenvalue weighted by atomic mass is 19.3. The molecule has 0 saturated carbocycles. The number of nitrogens with zero attached hydrogens (tertiary/aromatic N) is 3. The smallest absolute Gasteiger partial charge is 0.250 e. The third kappa shape index (κ3) is 4.14. The number of carbonyl (C=O) groups is 1. The largest absolute Gasteiger partial charge is 0.325 e. The van der Waals surface area contributed by atoms with Gasteiger partial charge in [-0.05, 0) is 31.0 Å². The van der Waals surface area contributed by atoms with Gasteiger partial charge < -0.3 is 9.88 Å². The summed E-state index contributed by atoms with van der Waals surface area (Å²) in [6.07, 6.45) is 2.43. The molecule has 9 heteroatoms. The van der Waals surface area contributed by atoms with Gasteiger partial charge in [0.05, 0.1) is 12.1 Å². The molecule has 0 radical (unpaired) electrons. The van der Waals surface area contributed by atoms with Gasteiger partial charge in [0, 0.05) is 44.6 Å². The molecule has 2 atom stereocenters. The van der Waals surface area contributed by atoms with Crippen LogP contribution in [-0.2, 0) is 11.2 Å². The van der Waals surface area contributed by atoms with Crippen molar-refractivity contribution in [2.24, 2.45) is 0 Å². The van der Waals surface area contributed by atoms with Crippen molar-refractivity contribution < 1.29 is 22.4 Å². The van der Waals surface area contributed by atoms with Crippen LogP contribution in [0.15, 0.2) is 24.4 Å². The van der Waals surface area contributed by atoms with E-state index in [0.29, 0.717) is 24.2 Å². The molecule has 29 heavy (non-hydrogen) atoms. The zero-order chi connectivity index (χ0) is 20.8. The van der Waals surface area contributed by atoms with Crippen LogP contribution in [0.1, 0.15) is 43.6 Å². The second-order valence-electron chi connectivity index (χ2n) is 7.76. The Labute approximate surface area is 165 Å². The summed E-state index contributed by atoms with van der Waals surface area (Å²) in [6, 6.07) is 2.62. The number of hydrogen-bond donors (Lipinski definition) is 1. The van der Waals surface area contributed by atoms with Gasteiger partial charge in [0.1, 0.15) is 17.5 Å². The molecular weight excluding hydrogens is 388 g/mol. The first kappa shape index (κ1) is 19.9. The lowest BCUT2D eigenvalue weighted by Gasteiger charge is -2.34. The minimum Gasteiger partial charge on any atom is -0.325 e. The first-order valence-electron chi connectivity index (χ1n) is 9.68. The molecule has 1 saturated heterocycles. The molecule has 1 amide bonds. The van der Waals surface area contributed by atoms with Crippen LogP contribution in [0.5, 0.6) is 0 Å². The number of fused-ring (bicyclic) bond motifs is 1. The number of halogens is 4. The standard InChI is InChI=1S/C20H22F4N4O/c1-12(27-6-4-20(23,24)5-7-27)19(29)26-17-11-28-16(2-3-18(28)25-17)13-8-14(21)10-15(22)9-13/h8-12,16H,2-7H2,1H3,(H,26,29). The highest BCUT2D eigenvalue weighted by Gasteiger charge is 2.37. The van der Waals surface area contributed by atoms with Crippen LogP contribution in [0.4, 0.5) is 23.4 Å². The summed E-state index contributed by atoms with van der Waals surface area (Å²) in [5, 5.41) is 2.74. The van der Waals surface area contributed by atoms with E-state index in [1.807, 2.05) is 4.57 Å². The Morgan fingerprint density at radius 2 is 1.86 bits per heavy atom. The van der Waals surface area contributed by atoms with Crippen molar-refractivity contribution >= 4 is 11.7 Å². The van der Waals surface area contributed by atoms with E-state index >= 15 is 0 Å². The maximum atomic E-state index is 13.6. The number of amides is 1. The highest BCUT2D eigenvalue weighted by Crippen LogP contribution is 2.34. The van der Waals surface area contributed by atoms with Crippen LogP contribution in [0.2, 0.25) is 0 Å². The number of aromatic nitrogens is 2. The molecule has 2 aromatic rings. The maximum absolute atomic E-state index is 13.6. The summed E-state index contributed by atoms with van der Waals surface area (Å²) in [5.74, 6) is -3.18. The predicted molar refractivity (Wildman–Crippen MR) is 98.9 cm³/mol. The van der Waals surface area contributed by atoms with Crippen molar-refractivity contribution in [3.05, 3.63) is 47.4 Å². The molecule has 2 aliphatic heterocycles. The second kappa shape index (κ2) is 7.44. The van der Waals surface area contributed by atoms with E-state index in [2.05, 4.69) is 10.3 Å². The number of alkyl halides is 2. The number of aryl methyl sites for hydroxylation is 1. The molecule has 0 spiro atoms. The molecule has 4 rings (SSSR count). The zero-order valence-electron chi connectivity index (χ0n) is 16.0. The quantitative estimate of drug-likeness (QED) is 0.781. The van der Waals surface area contributed by atoms with E-state index in [1.54, 1.807) is 18.0 Å². The van der Waals surface area contributed by atoms with Gasteiger partial charge in [-0.3, -0.25) is 9.69 Å². The lowest BCUT2D eigenvalue weighted by Crippen LogP contribution is -2.48. The predicted octanol–water partition coefficient (Wildman–Crippen LogP) is 3.76. The molecule has 1 aromatic heterocycles. The third-order valence-electron chi connectivity index (χ3n) is 5.76. The van der Waals surface area contributed by atoms with Crippen molar-refractivity contribution in [1.29, 1.82) is 0 Å². The van der Waals surface area contributed by atoms with Crippen LogP contribution >= 0.6 is 0 Å². The van der Waals surface area contributed by atoms with Crippen LogP contribution in [-0.4, -0.2) is 45.4 Å².